The fourth-order valence-electron chi connectivity index (χ4n) is 3.33. The number of nitrogens with one attached hydrogen (secondary N) is 1. The second-order valence-electron chi connectivity index (χ2n) is 6.27. The molecule has 0 radical (unpaired) electrons. The quantitative estimate of drug-likeness (QED) is 0.631. The van der Waals surface area contributed by atoms with Gasteiger partial charge in [0, 0.05) is 28.6 Å². The number of likely N-dealkylation sites (tertiary alicyclic amines) is 1. The molecule has 2 aromatic rings. The van der Waals surface area contributed by atoms with Crippen LogP contribution in [0.4, 0.5) is 5.69 Å². The van der Waals surface area contributed by atoms with Gasteiger partial charge in [0.05, 0.1) is 11.0 Å². The standard InChI is InChI=1S/C18H21N3O3S/c1-13(17(16-5-4-12-25-16)20-10-2-3-11-20)19-18(22)14-6-8-15(9-7-14)21(23)24/h4-9,12-13,17H,2-3,10-11H2,1H3,(H,19,22)/t13-,17-/m0/s1. The van der Waals surface area contributed by atoms with Gasteiger partial charge in [0.15, 0.2) is 0 Å². The van der Waals surface area contributed by atoms with E-state index in [0.717, 1.165) is 13.1 Å². The van der Waals surface area contributed by atoms with E-state index in [1.807, 2.05) is 13.0 Å². The summed E-state index contributed by atoms with van der Waals surface area (Å²) in [6.45, 7) is 4.10. The van der Waals surface area contributed by atoms with Crippen LogP contribution in [0, 0.1) is 10.1 Å². The Bertz CT molecular complexity index is 725. The van der Waals surface area contributed by atoms with Crippen LogP contribution in [0.3, 0.4) is 0 Å². The van der Waals surface area contributed by atoms with Gasteiger partial charge < -0.3 is 5.32 Å². The summed E-state index contributed by atoms with van der Waals surface area (Å²) in [7, 11) is 0. The average molecular weight is 359 g/mol. The molecular weight excluding hydrogens is 338 g/mol. The van der Waals surface area contributed by atoms with Gasteiger partial charge in [-0.25, -0.2) is 0 Å². The van der Waals surface area contributed by atoms with Crippen LogP contribution >= 0.6 is 11.3 Å². The lowest BCUT2D eigenvalue weighted by Crippen LogP contribution is -2.43. The molecule has 1 fully saturated rings. The topological polar surface area (TPSA) is 75.5 Å². The molecule has 1 aromatic carbocycles. The normalized spacial score (nSPS) is 17.2. The Kier molecular flexibility index (Phi) is 5.45. The van der Waals surface area contributed by atoms with E-state index in [1.54, 1.807) is 11.3 Å². The molecular formula is C18H21N3O3S. The number of hydrogen-bond acceptors (Lipinski definition) is 5. The third-order valence-corrected chi connectivity index (χ3v) is 5.48. The Morgan fingerprint density at radius 1 is 1.24 bits per heavy atom. The van der Waals surface area contributed by atoms with E-state index in [9.17, 15) is 14.9 Å². The SMILES string of the molecule is C[C@H](NC(=O)c1ccc([N+](=O)[O-])cc1)[C@@H](c1cccs1)N1CCCC1. The van der Waals surface area contributed by atoms with Crippen LogP contribution in [0.2, 0.25) is 0 Å². The van der Waals surface area contributed by atoms with E-state index in [0.29, 0.717) is 5.56 Å². The first-order chi connectivity index (χ1) is 12.1. The van der Waals surface area contributed by atoms with Gasteiger partial charge in [-0.05, 0) is 56.4 Å². The summed E-state index contributed by atoms with van der Waals surface area (Å²) in [6.07, 6.45) is 2.37. The fourth-order valence-corrected chi connectivity index (χ4v) is 4.29. The molecule has 0 unspecified atom stereocenters. The molecule has 1 N–H and O–H groups in total. The van der Waals surface area contributed by atoms with Crippen molar-refractivity contribution < 1.29 is 9.72 Å². The number of carbonyl (C=O) groups excluding carboxylic acids is 1. The lowest BCUT2D eigenvalue weighted by Gasteiger charge is -2.32. The molecule has 1 aromatic heterocycles. The Hall–Kier alpha value is -2.25. The highest BCUT2D eigenvalue weighted by molar-refractivity contribution is 7.10. The minimum absolute atomic E-state index is 0.0156. The summed E-state index contributed by atoms with van der Waals surface area (Å²) in [6, 6.07) is 9.96. The Balaban J connectivity index is 1.73. The summed E-state index contributed by atoms with van der Waals surface area (Å²) in [5.74, 6) is -0.205. The first-order valence-corrected chi connectivity index (χ1v) is 9.27. The molecule has 0 spiro atoms. The summed E-state index contributed by atoms with van der Waals surface area (Å²) in [4.78, 5) is 26.5. The Labute approximate surface area is 150 Å². The van der Waals surface area contributed by atoms with Crippen LogP contribution in [0.5, 0.6) is 0 Å². The number of carbonyl (C=O) groups is 1. The van der Waals surface area contributed by atoms with Crippen LogP contribution in [0.1, 0.15) is 41.0 Å². The molecule has 7 heteroatoms. The van der Waals surface area contributed by atoms with Crippen LogP contribution in [0.15, 0.2) is 41.8 Å². The van der Waals surface area contributed by atoms with E-state index >= 15 is 0 Å². The number of benzene rings is 1. The number of thiophene rings is 1. The fraction of sp³-hybridized carbons (Fsp3) is 0.389. The molecule has 1 saturated heterocycles. The van der Waals surface area contributed by atoms with E-state index in [1.165, 1.54) is 42.0 Å². The van der Waals surface area contributed by atoms with Crippen molar-refractivity contribution in [3.05, 3.63) is 62.3 Å². The van der Waals surface area contributed by atoms with Crippen molar-refractivity contribution in [1.82, 2.24) is 10.2 Å². The lowest BCUT2D eigenvalue weighted by atomic mass is 10.1. The second-order valence-corrected chi connectivity index (χ2v) is 7.25. The van der Waals surface area contributed by atoms with Crippen LogP contribution in [-0.2, 0) is 0 Å². The Morgan fingerprint density at radius 2 is 1.92 bits per heavy atom. The van der Waals surface area contributed by atoms with Crippen molar-refractivity contribution in [2.45, 2.75) is 31.8 Å². The van der Waals surface area contributed by atoms with Crippen molar-refractivity contribution in [1.29, 1.82) is 0 Å². The van der Waals surface area contributed by atoms with Crippen molar-refractivity contribution in [3.63, 3.8) is 0 Å². The third kappa shape index (κ3) is 4.05. The molecule has 0 bridgehead atoms. The maximum atomic E-state index is 12.5. The van der Waals surface area contributed by atoms with E-state index in [2.05, 4.69) is 21.7 Å². The van der Waals surface area contributed by atoms with Gasteiger partial charge in [-0.2, -0.15) is 0 Å². The van der Waals surface area contributed by atoms with Gasteiger partial charge in [0.25, 0.3) is 11.6 Å². The zero-order chi connectivity index (χ0) is 17.8. The van der Waals surface area contributed by atoms with Gasteiger partial charge in [-0.3, -0.25) is 19.8 Å². The average Bonchev–Trinajstić information content (AvgIpc) is 3.29. The van der Waals surface area contributed by atoms with Crippen molar-refractivity contribution in [2.75, 3.05) is 13.1 Å². The molecule has 1 aliphatic rings. The maximum Gasteiger partial charge on any atom is 0.269 e. The summed E-state index contributed by atoms with van der Waals surface area (Å²) < 4.78 is 0. The molecule has 3 rings (SSSR count). The minimum atomic E-state index is -0.468. The third-order valence-electron chi connectivity index (χ3n) is 4.54. The molecule has 1 aliphatic heterocycles. The number of nitro groups is 1. The first-order valence-electron chi connectivity index (χ1n) is 8.39. The zero-order valence-corrected chi connectivity index (χ0v) is 14.9. The highest BCUT2D eigenvalue weighted by atomic mass is 32.1. The van der Waals surface area contributed by atoms with E-state index in [4.69, 9.17) is 0 Å². The summed E-state index contributed by atoms with van der Waals surface area (Å²) in [5.41, 5.74) is 0.418. The molecule has 2 atom stereocenters. The highest BCUT2D eigenvalue weighted by Gasteiger charge is 2.30. The largest absolute Gasteiger partial charge is 0.348 e. The Morgan fingerprint density at radius 3 is 2.48 bits per heavy atom. The van der Waals surface area contributed by atoms with E-state index < -0.39 is 4.92 Å². The second kappa shape index (κ2) is 7.76. The van der Waals surface area contributed by atoms with Gasteiger partial charge in [0.2, 0.25) is 0 Å². The molecule has 6 nitrogen and oxygen atoms in total. The van der Waals surface area contributed by atoms with Crippen LogP contribution in [0.25, 0.3) is 0 Å². The molecule has 25 heavy (non-hydrogen) atoms. The van der Waals surface area contributed by atoms with Crippen molar-refractivity contribution >= 4 is 22.9 Å². The number of non-ortho nitro benzene ring substituents is 1. The zero-order valence-electron chi connectivity index (χ0n) is 14.1. The summed E-state index contributed by atoms with van der Waals surface area (Å²) in [5, 5.41) is 15.9. The van der Waals surface area contributed by atoms with Gasteiger partial charge in [-0.15, -0.1) is 11.3 Å². The predicted molar refractivity (Wildman–Crippen MR) is 97.9 cm³/mol. The predicted octanol–water partition coefficient (Wildman–Crippen LogP) is 3.61. The first kappa shape index (κ1) is 17.6. The maximum absolute atomic E-state index is 12.5. The molecule has 2 heterocycles. The molecule has 1 amide bonds. The smallest absolute Gasteiger partial charge is 0.269 e. The molecule has 132 valence electrons. The van der Waals surface area contributed by atoms with Gasteiger partial charge >= 0.3 is 0 Å². The summed E-state index contributed by atoms with van der Waals surface area (Å²) >= 11 is 1.71. The number of hydrogen-bond donors (Lipinski definition) is 1. The van der Waals surface area contributed by atoms with E-state index in [-0.39, 0.29) is 23.7 Å². The van der Waals surface area contributed by atoms with Crippen molar-refractivity contribution in [3.8, 4) is 0 Å². The molecule has 0 aliphatic carbocycles. The number of amides is 1. The van der Waals surface area contributed by atoms with Crippen LogP contribution in [-0.4, -0.2) is 34.9 Å². The van der Waals surface area contributed by atoms with Crippen LogP contribution < -0.4 is 5.32 Å². The minimum Gasteiger partial charge on any atom is -0.348 e. The number of rotatable bonds is 6. The van der Waals surface area contributed by atoms with Gasteiger partial charge in [-0.1, -0.05) is 6.07 Å². The number of nitrogens with zero attached hydrogens (tertiary/aromatic N) is 2. The molecule has 0 saturated carbocycles. The van der Waals surface area contributed by atoms with Crippen molar-refractivity contribution in [2.24, 2.45) is 0 Å². The number of nitro benzene ring substituents is 1. The highest BCUT2D eigenvalue weighted by Crippen LogP contribution is 2.31. The monoisotopic (exact) mass is 359 g/mol. The van der Waals surface area contributed by atoms with Gasteiger partial charge in [0.1, 0.15) is 0 Å². The lowest BCUT2D eigenvalue weighted by molar-refractivity contribution is -0.384.